The van der Waals surface area contributed by atoms with Gasteiger partial charge in [-0.2, -0.15) is 0 Å². The van der Waals surface area contributed by atoms with Crippen molar-refractivity contribution < 1.29 is 11.3 Å². The molecular weight excluding hydrogens is 372 g/mol. The van der Waals surface area contributed by atoms with Crippen LogP contribution in [0.15, 0.2) is 41.5 Å². The summed E-state index contributed by atoms with van der Waals surface area (Å²) in [5.41, 5.74) is 4.92. The number of benzene rings is 1. The van der Waals surface area contributed by atoms with Crippen LogP contribution in [0, 0.1) is 12.8 Å². The molecule has 0 spiro atoms. The molecular formula is C26H42N2O2. The van der Waals surface area contributed by atoms with Gasteiger partial charge in [0.1, 0.15) is 12.0 Å². The van der Waals surface area contributed by atoms with Gasteiger partial charge in [-0.15, -0.1) is 0 Å². The lowest BCUT2D eigenvalue weighted by Crippen LogP contribution is -2.51. The topological polar surface area (TPSA) is 44.7 Å². The van der Waals surface area contributed by atoms with Crippen molar-refractivity contribution in [3.63, 3.8) is 0 Å². The Morgan fingerprint density at radius 3 is 2.73 bits per heavy atom. The van der Waals surface area contributed by atoms with Crippen LogP contribution in [-0.2, 0) is 0 Å². The summed E-state index contributed by atoms with van der Waals surface area (Å²) in [6, 6.07) is 7.77. The maximum absolute atomic E-state index is 10.8. The maximum Gasteiger partial charge on any atom is 0.130 e. The number of aliphatic hydroxyl groups excluding tert-OH is 1. The molecule has 30 heavy (non-hydrogen) atoms. The van der Waals surface area contributed by atoms with Crippen molar-refractivity contribution >= 4 is 0 Å². The fourth-order valence-corrected chi connectivity index (χ4v) is 5.26. The highest BCUT2D eigenvalue weighted by molar-refractivity contribution is 5.37. The Kier molecular flexibility index (Phi) is 7.78. The third kappa shape index (κ3) is 5.35. The van der Waals surface area contributed by atoms with E-state index in [1.54, 1.807) is 7.11 Å². The zero-order chi connectivity index (χ0) is 21.8. The number of hydrogen-bond donors (Lipinski definition) is 2. The Morgan fingerprint density at radius 1 is 1.33 bits per heavy atom. The van der Waals surface area contributed by atoms with Crippen LogP contribution in [0.25, 0.3) is 0 Å². The molecule has 0 bridgehead atoms. The molecule has 1 aromatic rings. The largest absolute Gasteiger partial charge is 0.496 e. The minimum absolute atomic E-state index is 0. The molecule has 5 unspecified atom stereocenters. The lowest BCUT2D eigenvalue weighted by molar-refractivity contribution is 0.0627. The Hall–Kier alpha value is -1.62. The number of aryl methyl sites for hydroxylation is 1. The standard InChI is InChI=1S/C26H40N2O2.H2/c1-7-24-16-23(27-26(29)22-13-17(2)12-18(3)14-22)10-11-28(24)20(5)21-8-9-25(30-6)19(4)15-21;/h8-9,13-15,17,20,23-24,26-27,29H,7,10-12,16H2,1-6H3;1H. The van der Waals surface area contributed by atoms with Crippen molar-refractivity contribution in [3.05, 3.63) is 52.6 Å². The molecule has 1 aromatic carbocycles. The number of likely N-dealkylation sites (tertiary alicyclic amines) is 1. The predicted molar refractivity (Wildman–Crippen MR) is 127 cm³/mol. The van der Waals surface area contributed by atoms with E-state index in [-0.39, 0.29) is 1.43 Å². The van der Waals surface area contributed by atoms with Gasteiger partial charge in [0.15, 0.2) is 0 Å². The van der Waals surface area contributed by atoms with Gasteiger partial charge in [-0.1, -0.05) is 43.7 Å². The highest BCUT2D eigenvalue weighted by Gasteiger charge is 2.32. The maximum atomic E-state index is 10.8. The van der Waals surface area contributed by atoms with Crippen LogP contribution in [0.3, 0.4) is 0 Å². The average molecular weight is 415 g/mol. The molecule has 1 saturated heterocycles. The number of allylic oxidation sites excluding steroid dienone is 2. The van der Waals surface area contributed by atoms with E-state index in [2.05, 4.69) is 75.2 Å². The molecule has 1 fully saturated rings. The molecule has 1 aliphatic heterocycles. The summed E-state index contributed by atoms with van der Waals surface area (Å²) in [5, 5.41) is 14.3. The number of piperidine rings is 1. The van der Waals surface area contributed by atoms with Gasteiger partial charge in [-0.3, -0.25) is 10.2 Å². The Balaban J connectivity index is 0.00000341. The third-order valence-electron chi connectivity index (χ3n) is 6.87. The van der Waals surface area contributed by atoms with E-state index < -0.39 is 6.23 Å². The van der Waals surface area contributed by atoms with Crippen LogP contribution in [0.1, 0.15) is 72.0 Å². The zero-order valence-corrected chi connectivity index (χ0v) is 19.6. The van der Waals surface area contributed by atoms with Crippen LogP contribution < -0.4 is 10.1 Å². The highest BCUT2D eigenvalue weighted by Crippen LogP contribution is 2.32. The van der Waals surface area contributed by atoms with E-state index in [4.69, 9.17) is 4.74 Å². The van der Waals surface area contributed by atoms with Gasteiger partial charge >= 0.3 is 0 Å². The molecule has 3 rings (SSSR count). The Labute approximate surface area is 184 Å². The molecule has 168 valence electrons. The van der Waals surface area contributed by atoms with Gasteiger partial charge in [0.05, 0.1) is 7.11 Å². The zero-order valence-electron chi connectivity index (χ0n) is 19.6. The van der Waals surface area contributed by atoms with Crippen LogP contribution in [0.2, 0.25) is 0 Å². The molecule has 4 heteroatoms. The molecule has 5 atom stereocenters. The van der Waals surface area contributed by atoms with Crippen LogP contribution >= 0.6 is 0 Å². The minimum atomic E-state index is -0.571. The van der Waals surface area contributed by atoms with Gasteiger partial charge in [-0.05, 0) is 75.1 Å². The lowest BCUT2D eigenvalue weighted by Gasteiger charge is -2.43. The van der Waals surface area contributed by atoms with Crippen molar-refractivity contribution in [2.45, 2.75) is 84.7 Å². The predicted octanol–water partition coefficient (Wildman–Crippen LogP) is 5.37. The van der Waals surface area contributed by atoms with Crippen molar-refractivity contribution in [3.8, 4) is 5.75 Å². The number of rotatable bonds is 7. The van der Waals surface area contributed by atoms with Gasteiger partial charge in [-0.25, -0.2) is 0 Å². The number of methoxy groups -OCH3 is 1. The summed E-state index contributed by atoms with van der Waals surface area (Å²) in [7, 11) is 1.73. The van der Waals surface area contributed by atoms with Gasteiger partial charge in [0.2, 0.25) is 0 Å². The first-order valence-corrected chi connectivity index (χ1v) is 11.6. The normalized spacial score (nSPS) is 27.2. The number of aliphatic hydroxyl groups is 1. The number of nitrogens with zero attached hydrogens (tertiary/aromatic N) is 1. The summed E-state index contributed by atoms with van der Waals surface area (Å²) < 4.78 is 5.43. The number of ether oxygens (including phenoxy) is 1. The fraction of sp³-hybridized carbons (Fsp3) is 0.615. The summed E-state index contributed by atoms with van der Waals surface area (Å²) in [6.45, 7) is 12.1. The SMILES string of the molecule is CCC1CC(NC(O)C2=CC(C)CC(C)=C2)CCN1C(C)c1ccc(OC)c(C)c1.[HH]. The van der Waals surface area contributed by atoms with Crippen LogP contribution in [0.5, 0.6) is 5.75 Å². The summed E-state index contributed by atoms with van der Waals surface area (Å²) in [4.78, 5) is 2.64. The third-order valence-corrected chi connectivity index (χ3v) is 6.87. The second-order valence-corrected chi connectivity index (χ2v) is 9.33. The quantitative estimate of drug-likeness (QED) is 0.589. The molecule has 2 aliphatic rings. The molecule has 0 aromatic heterocycles. The first kappa shape index (κ1) is 23.1. The molecule has 0 radical (unpaired) electrons. The van der Waals surface area contributed by atoms with E-state index in [1.165, 1.54) is 16.7 Å². The Morgan fingerprint density at radius 2 is 2.10 bits per heavy atom. The summed E-state index contributed by atoms with van der Waals surface area (Å²) >= 11 is 0. The lowest BCUT2D eigenvalue weighted by atomic mass is 9.90. The monoisotopic (exact) mass is 414 g/mol. The molecule has 4 nitrogen and oxygen atoms in total. The molecule has 1 heterocycles. The van der Waals surface area contributed by atoms with Crippen molar-refractivity contribution in [2.75, 3.05) is 13.7 Å². The van der Waals surface area contributed by atoms with E-state index in [9.17, 15) is 5.11 Å². The number of nitrogens with one attached hydrogen (secondary N) is 1. The van der Waals surface area contributed by atoms with E-state index >= 15 is 0 Å². The summed E-state index contributed by atoms with van der Waals surface area (Å²) in [5.74, 6) is 1.45. The fourth-order valence-electron chi connectivity index (χ4n) is 5.26. The molecule has 0 saturated carbocycles. The van der Waals surface area contributed by atoms with Crippen molar-refractivity contribution in [1.29, 1.82) is 0 Å². The van der Waals surface area contributed by atoms with E-state index in [0.717, 1.165) is 43.6 Å². The van der Waals surface area contributed by atoms with E-state index in [1.807, 2.05) is 0 Å². The highest BCUT2D eigenvalue weighted by atomic mass is 16.5. The first-order valence-electron chi connectivity index (χ1n) is 11.6. The Bertz CT molecular complexity index is 792. The van der Waals surface area contributed by atoms with Gasteiger partial charge < -0.3 is 9.84 Å². The van der Waals surface area contributed by atoms with Gasteiger partial charge in [0, 0.05) is 26.1 Å². The average Bonchev–Trinajstić information content (AvgIpc) is 2.72. The van der Waals surface area contributed by atoms with E-state index in [0.29, 0.717) is 24.0 Å². The second-order valence-electron chi connectivity index (χ2n) is 9.33. The summed E-state index contributed by atoms with van der Waals surface area (Å²) in [6.07, 6.45) is 8.13. The van der Waals surface area contributed by atoms with Gasteiger partial charge in [0.25, 0.3) is 0 Å². The minimum Gasteiger partial charge on any atom is -0.496 e. The van der Waals surface area contributed by atoms with Crippen LogP contribution in [0.4, 0.5) is 0 Å². The van der Waals surface area contributed by atoms with Crippen LogP contribution in [-0.4, -0.2) is 42.0 Å². The molecule has 0 amide bonds. The molecule has 2 N–H and O–H groups in total. The van der Waals surface area contributed by atoms with Crippen molar-refractivity contribution in [2.24, 2.45) is 5.92 Å². The van der Waals surface area contributed by atoms with Crippen molar-refractivity contribution in [1.82, 2.24) is 10.2 Å². The molecule has 1 aliphatic carbocycles. The smallest absolute Gasteiger partial charge is 0.130 e. The second kappa shape index (κ2) is 10.1. The first-order chi connectivity index (χ1) is 14.3. The number of hydrogen-bond acceptors (Lipinski definition) is 4.